The Labute approximate surface area is 147 Å². The van der Waals surface area contributed by atoms with E-state index in [0.717, 1.165) is 40.9 Å². The third kappa shape index (κ3) is 5.56. The van der Waals surface area contributed by atoms with Crippen LogP contribution in [-0.4, -0.2) is 32.6 Å². The molecule has 2 aromatic carbocycles. The van der Waals surface area contributed by atoms with Crippen LogP contribution in [0.5, 0.6) is 11.5 Å². The fraction of sp³-hybridized carbons (Fsp3) is 0.368. The van der Waals surface area contributed by atoms with Crippen molar-refractivity contribution in [2.75, 3.05) is 27.7 Å². The van der Waals surface area contributed by atoms with E-state index in [0.29, 0.717) is 6.61 Å². The molecule has 0 atom stereocenters. The zero-order chi connectivity index (χ0) is 16.7. The van der Waals surface area contributed by atoms with Crippen molar-refractivity contribution in [1.29, 1.82) is 0 Å². The molecule has 0 amide bonds. The fourth-order valence-electron chi connectivity index (χ4n) is 2.39. The Hall–Kier alpha value is -1.52. The Balaban J connectivity index is 2.07. The first-order valence-corrected chi connectivity index (χ1v) is 8.57. The first-order chi connectivity index (χ1) is 11.1. The van der Waals surface area contributed by atoms with E-state index in [-0.39, 0.29) is 0 Å². The Morgan fingerprint density at radius 1 is 1.04 bits per heavy atom. The molecule has 0 saturated heterocycles. The Kier molecular flexibility index (Phi) is 6.93. The predicted molar refractivity (Wildman–Crippen MR) is 98.3 cm³/mol. The lowest BCUT2D eigenvalue weighted by Crippen LogP contribution is -2.13. The van der Waals surface area contributed by atoms with Gasteiger partial charge in [-0.1, -0.05) is 30.3 Å². The maximum Gasteiger partial charge on any atom is 0.175 e. The zero-order valence-electron chi connectivity index (χ0n) is 14.0. The van der Waals surface area contributed by atoms with Gasteiger partial charge in [0.25, 0.3) is 0 Å². The summed E-state index contributed by atoms with van der Waals surface area (Å²) in [6.45, 7) is 1.60. The SMILES string of the molecule is COc1cc(CCCN(C)C)cc(Br)c1OCc1ccccc1. The number of hydrogen-bond acceptors (Lipinski definition) is 3. The average molecular weight is 378 g/mol. The van der Waals surface area contributed by atoms with E-state index in [4.69, 9.17) is 9.47 Å². The topological polar surface area (TPSA) is 21.7 Å². The van der Waals surface area contributed by atoms with Crippen molar-refractivity contribution in [1.82, 2.24) is 4.90 Å². The minimum absolute atomic E-state index is 0.524. The largest absolute Gasteiger partial charge is 0.493 e. The molecular weight excluding hydrogens is 354 g/mol. The Bertz CT molecular complexity index is 614. The van der Waals surface area contributed by atoms with E-state index in [1.54, 1.807) is 7.11 Å². The molecule has 0 aromatic heterocycles. The van der Waals surface area contributed by atoms with Gasteiger partial charge in [0.05, 0.1) is 11.6 Å². The summed E-state index contributed by atoms with van der Waals surface area (Å²) < 4.78 is 12.4. The zero-order valence-corrected chi connectivity index (χ0v) is 15.6. The second-order valence-electron chi connectivity index (χ2n) is 5.79. The van der Waals surface area contributed by atoms with Crippen LogP contribution >= 0.6 is 15.9 Å². The molecular formula is C19H24BrNO2. The van der Waals surface area contributed by atoms with Crippen LogP contribution < -0.4 is 9.47 Å². The van der Waals surface area contributed by atoms with Gasteiger partial charge in [-0.15, -0.1) is 0 Å². The predicted octanol–water partition coefficient (Wildman–Crippen LogP) is 4.53. The lowest BCUT2D eigenvalue weighted by Gasteiger charge is -2.15. The van der Waals surface area contributed by atoms with Gasteiger partial charge in [-0.25, -0.2) is 0 Å². The molecule has 0 saturated carbocycles. The van der Waals surface area contributed by atoms with Crippen molar-refractivity contribution >= 4 is 15.9 Å². The van der Waals surface area contributed by atoms with Crippen LogP contribution in [0, 0.1) is 0 Å². The molecule has 0 spiro atoms. The van der Waals surface area contributed by atoms with Crippen molar-refractivity contribution in [3.8, 4) is 11.5 Å². The van der Waals surface area contributed by atoms with Gasteiger partial charge in [0.2, 0.25) is 0 Å². The van der Waals surface area contributed by atoms with Crippen molar-refractivity contribution < 1.29 is 9.47 Å². The smallest absolute Gasteiger partial charge is 0.175 e. The summed E-state index contributed by atoms with van der Waals surface area (Å²) in [5.41, 5.74) is 2.39. The highest BCUT2D eigenvalue weighted by Gasteiger charge is 2.12. The number of nitrogens with zero attached hydrogens (tertiary/aromatic N) is 1. The van der Waals surface area contributed by atoms with E-state index in [9.17, 15) is 0 Å². The maximum atomic E-state index is 5.96. The fourth-order valence-corrected chi connectivity index (χ4v) is 2.99. The summed E-state index contributed by atoms with van der Waals surface area (Å²) in [6, 6.07) is 14.3. The van der Waals surface area contributed by atoms with Crippen molar-refractivity contribution in [3.05, 3.63) is 58.1 Å². The molecule has 0 N–H and O–H groups in total. The van der Waals surface area contributed by atoms with Crippen LogP contribution in [0.2, 0.25) is 0 Å². The summed E-state index contributed by atoms with van der Waals surface area (Å²) in [6.07, 6.45) is 2.14. The number of benzene rings is 2. The van der Waals surface area contributed by atoms with Crippen LogP contribution in [0.25, 0.3) is 0 Å². The van der Waals surface area contributed by atoms with E-state index >= 15 is 0 Å². The maximum absolute atomic E-state index is 5.96. The molecule has 23 heavy (non-hydrogen) atoms. The van der Waals surface area contributed by atoms with Gasteiger partial charge in [-0.3, -0.25) is 0 Å². The lowest BCUT2D eigenvalue weighted by molar-refractivity contribution is 0.282. The number of ether oxygens (including phenoxy) is 2. The van der Waals surface area contributed by atoms with Crippen LogP contribution in [0.3, 0.4) is 0 Å². The first kappa shape index (κ1) is 17.8. The molecule has 0 aliphatic carbocycles. The molecule has 0 aliphatic rings. The normalized spacial score (nSPS) is 10.8. The molecule has 3 nitrogen and oxygen atoms in total. The lowest BCUT2D eigenvalue weighted by atomic mass is 10.1. The highest BCUT2D eigenvalue weighted by atomic mass is 79.9. The van der Waals surface area contributed by atoms with Gasteiger partial charge in [-0.2, -0.15) is 0 Å². The number of rotatable bonds is 8. The third-order valence-electron chi connectivity index (χ3n) is 3.59. The number of halogens is 1. The minimum Gasteiger partial charge on any atom is -0.493 e. The standard InChI is InChI=1S/C19H24BrNO2/c1-21(2)11-7-10-16-12-17(20)19(18(13-16)22-3)23-14-15-8-5-4-6-9-15/h4-6,8-9,12-13H,7,10-11,14H2,1-3H3. The van der Waals surface area contributed by atoms with Gasteiger partial charge < -0.3 is 14.4 Å². The molecule has 0 bridgehead atoms. The van der Waals surface area contributed by atoms with Crippen molar-refractivity contribution in [2.45, 2.75) is 19.4 Å². The van der Waals surface area contributed by atoms with E-state index in [1.807, 2.05) is 18.2 Å². The number of hydrogen-bond donors (Lipinski definition) is 0. The average Bonchev–Trinajstić information content (AvgIpc) is 2.54. The molecule has 0 fully saturated rings. The molecule has 0 unspecified atom stereocenters. The van der Waals surface area contributed by atoms with E-state index in [2.05, 4.69) is 59.2 Å². The number of methoxy groups -OCH3 is 1. The van der Waals surface area contributed by atoms with Crippen LogP contribution in [0.15, 0.2) is 46.9 Å². The second kappa shape index (κ2) is 8.94. The van der Waals surface area contributed by atoms with Gasteiger partial charge in [-0.05, 0) is 72.7 Å². The van der Waals surface area contributed by atoms with Crippen LogP contribution in [0.4, 0.5) is 0 Å². The van der Waals surface area contributed by atoms with Crippen LogP contribution in [-0.2, 0) is 13.0 Å². The summed E-state index contributed by atoms with van der Waals surface area (Å²) in [5, 5.41) is 0. The summed E-state index contributed by atoms with van der Waals surface area (Å²) in [7, 11) is 5.87. The Morgan fingerprint density at radius 2 is 1.78 bits per heavy atom. The molecule has 2 aromatic rings. The van der Waals surface area contributed by atoms with Crippen molar-refractivity contribution in [2.24, 2.45) is 0 Å². The summed E-state index contributed by atoms with van der Waals surface area (Å²) in [4.78, 5) is 2.20. The van der Waals surface area contributed by atoms with Crippen molar-refractivity contribution in [3.63, 3.8) is 0 Å². The van der Waals surface area contributed by atoms with E-state index in [1.165, 1.54) is 5.56 Å². The molecule has 124 valence electrons. The molecule has 0 radical (unpaired) electrons. The third-order valence-corrected chi connectivity index (χ3v) is 4.18. The van der Waals surface area contributed by atoms with Crippen LogP contribution in [0.1, 0.15) is 17.5 Å². The highest BCUT2D eigenvalue weighted by Crippen LogP contribution is 2.37. The minimum atomic E-state index is 0.524. The molecule has 2 rings (SSSR count). The number of aryl methyl sites for hydroxylation is 1. The summed E-state index contributed by atoms with van der Waals surface area (Å²) in [5.74, 6) is 1.53. The molecule has 4 heteroatoms. The molecule has 0 aliphatic heterocycles. The van der Waals surface area contributed by atoms with E-state index < -0.39 is 0 Å². The Morgan fingerprint density at radius 3 is 2.43 bits per heavy atom. The first-order valence-electron chi connectivity index (χ1n) is 7.78. The summed E-state index contributed by atoms with van der Waals surface area (Å²) >= 11 is 3.62. The quantitative estimate of drug-likeness (QED) is 0.674. The second-order valence-corrected chi connectivity index (χ2v) is 6.64. The molecule has 0 heterocycles. The van der Waals surface area contributed by atoms with Gasteiger partial charge in [0.1, 0.15) is 6.61 Å². The highest BCUT2D eigenvalue weighted by molar-refractivity contribution is 9.10. The van der Waals surface area contributed by atoms with Gasteiger partial charge in [0, 0.05) is 0 Å². The van der Waals surface area contributed by atoms with Gasteiger partial charge >= 0.3 is 0 Å². The monoisotopic (exact) mass is 377 g/mol. The van der Waals surface area contributed by atoms with Gasteiger partial charge in [0.15, 0.2) is 11.5 Å².